The number of likely N-dealkylation sites (tertiary alicyclic amines) is 1. The van der Waals surface area contributed by atoms with E-state index >= 15 is 0 Å². The quantitative estimate of drug-likeness (QED) is 0.0717. The van der Waals surface area contributed by atoms with Gasteiger partial charge in [0.05, 0.1) is 29.1 Å². The molecule has 2 aromatic heterocycles. The van der Waals surface area contributed by atoms with Gasteiger partial charge in [-0.1, -0.05) is 43.4 Å². The maximum absolute atomic E-state index is 14.5. The average Bonchev–Trinajstić information content (AvgIpc) is 3.86. The van der Waals surface area contributed by atoms with Gasteiger partial charge in [-0.3, -0.25) is 24.7 Å². The van der Waals surface area contributed by atoms with Crippen LogP contribution in [-0.2, 0) is 14.8 Å². The summed E-state index contributed by atoms with van der Waals surface area (Å²) in [5.41, 5.74) is 5.18. The second-order valence-corrected chi connectivity index (χ2v) is 26.5. The molecule has 3 saturated heterocycles. The topological polar surface area (TPSA) is 175 Å². The van der Waals surface area contributed by atoms with E-state index in [9.17, 15) is 23.3 Å². The second kappa shape index (κ2) is 17.3. The van der Waals surface area contributed by atoms with E-state index in [2.05, 4.69) is 79.2 Å². The number of nitro benzene ring substituents is 1. The number of hydrogen-bond acceptors (Lipinski definition) is 12. The van der Waals surface area contributed by atoms with Gasteiger partial charge in [-0.25, -0.2) is 18.1 Å². The van der Waals surface area contributed by atoms with Gasteiger partial charge in [0, 0.05) is 86.0 Å². The van der Waals surface area contributed by atoms with Crippen molar-refractivity contribution in [2.45, 2.75) is 93.4 Å². The Morgan fingerprint density at radius 3 is 2.51 bits per heavy atom. The highest BCUT2D eigenvalue weighted by molar-refractivity contribution is 7.90. The highest BCUT2D eigenvalue weighted by Crippen LogP contribution is 2.55. The number of aromatic amines is 1. The number of anilines is 2. The van der Waals surface area contributed by atoms with Crippen LogP contribution in [0.3, 0.4) is 0 Å². The smallest absolute Gasteiger partial charge is 0.297 e. The van der Waals surface area contributed by atoms with Gasteiger partial charge >= 0.3 is 0 Å². The fourth-order valence-corrected chi connectivity index (χ4v) is 15.4. The number of rotatable bonds is 12. The molecule has 6 heterocycles. The van der Waals surface area contributed by atoms with Gasteiger partial charge < -0.3 is 24.7 Å². The van der Waals surface area contributed by atoms with Crippen molar-refractivity contribution in [1.29, 1.82) is 0 Å². The third-order valence-electron chi connectivity index (χ3n) is 15.9. The maximum atomic E-state index is 14.5. The number of piperidine rings is 1. The lowest BCUT2D eigenvalue weighted by Gasteiger charge is -2.56. The number of ether oxygens (including phenoxy) is 2. The number of aromatic nitrogens is 2. The second-order valence-electron chi connectivity index (χ2n) is 20.4. The zero-order valence-electron chi connectivity index (χ0n) is 38.3. The van der Waals surface area contributed by atoms with Crippen LogP contribution >= 0.6 is 0 Å². The van der Waals surface area contributed by atoms with E-state index in [1.165, 1.54) is 51.1 Å². The van der Waals surface area contributed by atoms with Crippen LogP contribution < -0.4 is 30.0 Å². The number of morpholine rings is 1. The average molecular weight is 945 g/mol. The zero-order chi connectivity index (χ0) is 46.1. The summed E-state index contributed by atoms with van der Waals surface area (Å²) in [6, 6.07) is 22.2. The molecule has 1 amide bonds. The Kier molecular flexibility index (Phi) is 11.4. The lowest BCUT2D eigenvalue weighted by Crippen LogP contribution is -2.56. The molecule has 2 aliphatic carbocycles. The molecule has 6 aliphatic rings. The van der Waals surface area contributed by atoms with Crippen molar-refractivity contribution in [3.05, 3.63) is 106 Å². The van der Waals surface area contributed by atoms with Crippen LogP contribution in [0.15, 0.2) is 84.0 Å². The molecule has 17 heteroatoms. The molecule has 3 N–H and O–H groups in total. The number of amides is 1. The van der Waals surface area contributed by atoms with Crippen molar-refractivity contribution in [1.82, 2.24) is 24.5 Å². The van der Waals surface area contributed by atoms with Crippen LogP contribution in [0.5, 0.6) is 5.75 Å². The van der Waals surface area contributed by atoms with Gasteiger partial charge in [0.25, 0.3) is 21.6 Å². The number of nitrogens with zero attached hydrogens (tertiary/aromatic N) is 5. The Hall–Kier alpha value is -5.33. The highest BCUT2D eigenvalue weighted by Gasteiger charge is 2.50. The molecule has 11 rings (SSSR count). The first-order valence-electron chi connectivity index (χ1n) is 24.1. The normalized spacial score (nSPS) is 22.5. The number of nitro groups is 1. The molecule has 1 spiro atoms. The Bertz CT molecular complexity index is 2830. The van der Waals surface area contributed by atoms with Gasteiger partial charge in [0.15, 0.2) is 11.4 Å². The third kappa shape index (κ3) is 8.51. The molecule has 15 nitrogen and oxygen atoms in total. The Morgan fingerprint density at radius 1 is 0.970 bits per heavy atom. The summed E-state index contributed by atoms with van der Waals surface area (Å²) in [5, 5.41) is 18.4. The molecular weight excluding hydrogens is 885 g/mol. The van der Waals surface area contributed by atoms with Gasteiger partial charge in [0.1, 0.15) is 20.3 Å². The SMILES string of the molecule is C[Si](C)(c1cnc2[nH]ccc2c1)c1cc(N2CCC3(CC2)CC(N2CCCC2c2ccccc2C2CC2)C3)ccc1C(=O)NS(=O)(=O)c1cc2c(c([N+](=O)[O-])c1)NC(CN1CCOCC1)CO2. The van der Waals surface area contributed by atoms with Crippen LogP contribution in [0, 0.1) is 15.5 Å². The van der Waals surface area contributed by atoms with E-state index in [1.807, 2.05) is 24.5 Å². The van der Waals surface area contributed by atoms with E-state index < -0.39 is 39.5 Å². The number of benzene rings is 3. The molecule has 2 unspecified atom stereocenters. The van der Waals surface area contributed by atoms with Gasteiger partial charge in [0.2, 0.25) is 0 Å². The molecule has 3 aromatic carbocycles. The molecule has 5 fully saturated rings. The molecular formula is C50H60N8O7SSi. The largest absolute Gasteiger partial charge is 0.489 e. The number of H-pyrrole nitrogens is 1. The molecule has 67 heavy (non-hydrogen) atoms. The highest BCUT2D eigenvalue weighted by atomic mass is 32.2. The van der Waals surface area contributed by atoms with Crippen LogP contribution in [0.1, 0.15) is 84.8 Å². The number of carbonyl (C=O) groups is 1. The Morgan fingerprint density at radius 2 is 1.75 bits per heavy atom. The summed E-state index contributed by atoms with van der Waals surface area (Å²) in [6.07, 6.45) is 13.5. The van der Waals surface area contributed by atoms with Crippen molar-refractivity contribution < 1.29 is 27.6 Å². The van der Waals surface area contributed by atoms with Crippen molar-refractivity contribution >= 4 is 62.5 Å². The summed E-state index contributed by atoms with van der Waals surface area (Å²) >= 11 is 0. The van der Waals surface area contributed by atoms with Crippen LogP contribution in [0.4, 0.5) is 17.1 Å². The summed E-state index contributed by atoms with van der Waals surface area (Å²) in [5.74, 6) is -0.0112. The standard InChI is InChI=1S/C50H60N8O7SSi/c1-67(2,39-24-34-13-16-51-48(34)52-30-39)46-25-36(56-18-14-50(15-19-56)28-37(29-50)57-17-5-8-43(57)41-7-4-3-6-40(41)33-9-10-33)11-12-42(46)49(59)54-66(62,63)38-26-44(58(60)61)47-45(27-38)65-32-35(53-47)31-55-20-22-64-23-21-55/h3-4,6-7,11-13,16,24-27,30,33,35,37,43,53H,5,8-10,14-15,17-23,28-29,31-32H2,1-2H3,(H,51,52)(H,54,59). The van der Waals surface area contributed by atoms with Crippen molar-refractivity contribution in [2.24, 2.45) is 5.41 Å². The third-order valence-corrected chi connectivity index (χ3v) is 20.7. The molecule has 2 saturated carbocycles. The Balaban J connectivity index is 0.827. The molecule has 5 aromatic rings. The summed E-state index contributed by atoms with van der Waals surface area (Å²) in [6.45, 7) is 10.8. The monoisotopic (exact) mass is 944 g/mol. The summed E-state index contributed by atoms with van der Waals surface area (Å²) < 4.78 is 42.0. The zero-order valence-corrected chi connectivity index (χ0v) is 40.2. The van der Waals surface area contributed by atoms with E-state index in [1.54, 1.807) is 17.2 Å². The lowest BCUT2D eigenvalue weighted by atomic mass is 9.59. The first-order chi connectivity index (χ1) is 32.3. The minimum absolute atomic E-state index is 0.0436. The summed E-state index contributed by atoms with van der Waals surface area (Å²) in [4.78, 5) is 41.2. The minimum Gasteiger partial charge on any atom is -0.489 e. The summed E-state index contributed by atoms with van der Waals surface area (Å²) in [7, 11) is -7.36. The fourth-order valence-electron chi connectivity index (χ4n) is 11.8. The number of sulfonamides is 1. The first kappa shape index (κ1) is 44.2. The maximum Gasteiger partial charge on any atom is 0.297 e. The molecule has 0 bridgehead atoms. The van der Waals surface area contributed by atoms with Crippen LogP contribution in [0.2, 0.25) is 13.1 Å². The molecule has 2 atom stereocenters. The van der Waals surface area contributed by atoms with Crippen molar-refractivity contribution in [3.8, 4) is 5.75 Å². The first-order valence-corrected chi connectivity index (χ1v) is 28.6. The number of pyridine rings is 1. The predicted octanol–water partition coefficient (Wildman–Crippen LogP) is 6.38. The molecule has 4 aliphatic heterocycles. The fraction of sp³-hybridized carbons (Fsp3) is 0.480. The van der Waals surface area contributed by atoms with Gasteiger partial charge in [-0.15, -0.1) is 0 Å². The van der Waals surface area contributed by atoms with Crippen molar-refractivity contribution in [3.63, 3.8) is 0 Å². The number of fused-ring (bicyclic) bond motifs is 2. The number of carbonyl (C=O) groups excluding carboxylic acids is 1. The van der Waals surface area contributed by atoms with Gasteiger partial charge in [-0.2, -0.15) is 0 Å². The number of nitrogens with one attached hydrogen (secondary N) is 3. The lowest BCUT2D eigenvalue weighted by molar-refractivity contribution is -0.384. The Labute approximate surface area is 392 Å². The molecule has 352 valence electrons. The van der Waals surface area contributed by atoms with E-state index in [0.717, 1.165) is 78.1 Å². The van der Waals surface area contributed by atoms with E-state index in [0.29, 0.717) is 37.3 Å². The van der Waals surface area contributed by atoms with Crippen LogP contribution in [0.25, 0.3) is 11.0 Å². The van der Waals surface area contributed by atoms with E-state index in [4.69, 9.17) is 14.5 Å². The van der Waals surface area contributed by atoms with Gasteiger partial charge in [-0.05, 0) is 115 Å². The van der Waals surface area contributed by atoms with Crippen molar-refractivity contribution in [2.75, 3.05) is 69.3 Å². The van der Waals surface area contributed by atoms with E-state index in [-0.39, 0.29) is 29.6 Å². The van der Waals surface area contributed by atoms with Crippen LogP contribution in [-0.4, -0.2) is 118 Å². The predicted molar refractivity (Wildman–Crippen MR) is 261 cm³/mol. The minimum atomic E-state index is -4.60. The number of hydrogen-bond donors (Lipinski definition) is 3. The molecule has 0 radical (unpaired) electrons.